The second kappa shape index (κ2) is 8.55. The lowest BCUT2D eigenvalue weighted by atomic mass is 9.97. The largest absolute Gasteiger partial charge is 0.496 e. The third-order valence-electron chi connectivity index (χ3n) is 3.83. The minimum absolute atomic E-state index is 0.0491. The van der Waals surface area contributed by atoms with E-state index in [0.29, 0.717) is 6.04 Å². The van der Waals surface area contributed by atoms with Gasteiger partial charge in [-0.3, -0.25) is 4.90 Å². The highest BCUT2D eigenvalue weighted by atomic mass is 32.2. The van der Waals surface area contributed by atoms with Crippen LogP contribution in [0, 0.1) is 0 Å². The zero-order chi connectivity index (χ0) is 15.1. The van der Waals surface area contributed by atoms with E-state index < -0.39 is 0 Å². The van der Waals surface area contributed by atoms with Crippen LogP contribution < -0.4 is 10.5 Å². The van der Waals surface area contributed by atoms with Gasteiger partial charge in [0.2, 0.25) is 0 Å². The first-order valence-electron chi connectivity index (χ1n) is 7.12. The van der Waals surface area contributed by atoms with E-state index in [2.05, 4.69) is 38.1 Å². The molecule has 3 unspecified atom stereocenters. The second-order valence-corrected chi connectivity index (χ2v) is 6.33. The fourth-order valence-electron chi connectivity index (χ4n) is 2.55. The molecule has 0 aromatic heterocycles. The number of para-hydroxylation sites is 1. The first-order chi connectivity index (χ1) is 9.52. The molecule has 1 aromatic rings. The molecule has 1 rings (SSSR count). The van der Waals surface area contributed by atoms with Gasteiger partial charge in [-0.2, -0.15) is 11.8 Å². The first kappa shape index (κ1) is 17.3. The number of nitrogens with zero attached hydrogens (tertiary/aromatic N) is 1. The molecule has 0 saturated heterocycles. The highest BCUT2D eigenvalue weighted by Crippen LogP contribution is 2.32. The Hall–Kier alpha value is -0.710. The van der Waals surface area contributed by atoms with Gasteiger partial charge in [-0.15, -0.1) is 0 Å². The van der Waals surface area contributed by atoms with Crippen molar-refractivity contribution in [3.05, 3.63) is 29.8 Å². The van der Waals surface area contributed by atoms with Crippen LogP contribution in [0.4, 0.5) is 0 Å². The van der Waals surface area contributed by atoms with Crippen LogP contribution in [0.25, 0.3) is 0 Å². The first-order valence-corrected chi connectivity index (χ1v) is 8.51. The molecule has 3 nitrogen and oxygen atoms in total. The maximum absolute atomic E-state index is 6.26. The van der Waals surface area contributed by atoms with Crippen LogP contribution in [0.15, 0.2) is 24.3 Å². The fourth-order valence-corrected chi connectivity index (χ4v) is 3.13. The molecule has 0 heterocycles. The summed E-state index contributed by atoms with van der Waals surface area (Å²) in [4.78, 5) is 2.37. The Morgan fingerprint density at radius 1 is 1.30 bits per heavy atom. The second-order valence-electron chi connectivity index (χ2n) is 5.34. The van der Waals surface area contributed by atoms with Crippen molar-refractivity contribution in [2.24, 2.45) is 5.73 Å². The third-order valence-corrected chi connectivity index (χ3v) is 4.47. The van der Waals surface area contributed by atoms with Crippen LogP contribution in [0.2, 0.25) is 0 Å². The highest BCUT2D eigenvalue weighted by Gasteiger charge is 2.26. The number of likely N-dealkylation sites (N-methyl/N-ethyl adjacent to an activating group) is 1. The molecule has 1 aromatic carbocycles. The van der Waals surface area contributed by atoms with E-state index in [1.54, 1.807) is 7.11 Å². The Kier molecular flexibility index (Phi) is 7.41. The van der Waals surface area contributed by atoms with Gasteiger partial charge in [0.15, 0.2) is 0 Å². The number of hydrogen-bond donors (Lipinski definition) is 1. The molecule has 0 aliphatic rings. The fraction of sp³-hybridized carbons (Fsp3) is 0.625. The summed E-state index contributed by atoms with van der Waals surface area (Å²) in [6.07, 6.45) is 3.31. The number of benzene rings is 1. The minimum atomic E-state index is 0.0491. The standard InChI is InChI=1S/C16H28N2OS/c1-12(10-11-20-5)18(3)16(13(2)17)14-8-6-7-9-15(14)19-4/h6-9,12-13,16H,10-11,17H2,1-5H3. The Balaban J connectivity index is 2.98. The van der Waals surface area contributed by atoms with Gasteiger partial charge in [-0.05, 0) is 45.4 Å². The molecule has 0 saturated carbocycles. The van der Waals surface area contributed by atoms with Crippen molar-refractivity contribution in [2.75, 3.05) is 26.2 Å². The summed E-state index contributed by atoms with van der Waals surface area (Å²) >= 11 is 1.89. The van der Waals surface area contributed by atoms with Gasteiger partial charge >= 0.3 is 0 Å². The quantitative estimate of drug-likeness (QED) is 0.800. The van der Waals surface area contributed by atoms with Crippen molar-refractivity contribution in [2.45, 2.75) is 38.4 Å². The van der Waals surface area contributed by atoms with Gasteiger partial charge in [-0.1, -0.05) is 18.2 Å². The Morgan fingerprint density at radius 3 is 2.50 bits per heavy atom. The maximum Gasteiger partial charge on any atom is 0.123 e. The van der Waals surface area contributed by atoms with E-state index in [4.69, 9.17) is 10.5 Å². The summed E-state index contributed by atoms with van der Waals surface area (Å²) in [6.45, 7) is 4.33. The maximum atomic E-state index is 6.26. The van der Waals surface area contributed by atoms with E-state index in [-0.39, 0.29) is 12.1 Å². The monoisotopic (exact) mass is 296 g/mol. The Morgan fingerprint density at radius 2 is 1.95 bits per heavy atom. The van der Waals surface area contributed by atoms with Crippen LogP contribution in [0.3, 0.4) is 0 Å². The molecule has 4 heteroatoms. The van der Waals surface area contributed by atoms with Gasteiger partial charge < -0.3 is 10.5 Å². The molecule has 0 aliphatic heterocycles. The van der Waals surface area contributed by atoms with Crippen molar-refractivity contribution in [1.82, 2.24) is 4.90 Å². The van der Waals surface area contributed by atoms with Gasteiger partial charge in [0.25, 0.3) is 0 Å². The summed E-state index contributed by atoms with van der Waals surface area (Å²) in [5, 5.41) is 0. The molecule has 0 amide bonds. The lowest BCUT2D eigenvalue weighted by Gasteiger charge is -2.36. The summed E-state index contributed by atoms with van der Waals surface area (Å²) in [6, 6.07) is 8.88. The number of nitrogens with two attached hydrogens (primary N) is 1. The van der Waals surface area contributed by atoms with Crippen molar-refractivity contribution in [3.8, 4) is 5.75 Å². The zero-order valence-corrected chi connectivity index (χ0v) is 14.1. The number of ether oxygens (including phenoxy) is 1. The van der Waals surface area contributed by atoms with Crippen molar-refractivity contribution in [1.29, 1.82) is 0 Å². The van der Waals surface area contributed by atoms with E-state index in [1.807, 2.05) is 30.0 Å². The van der Waals surface area contributed by atoms with Crippen molar-refractivity contribution in [3.63, 3.8) is 0 Å². The topological polar surface area (TPSA) is 38.5 Å². The summed E-state index contributed by atoms with van der Waals surface area (Å²) in [5.41, 5.74) is 7.43. The smallest absolute Gasteiger partial charge is 0.123 e. The minimum Gasteiger partial charge on any atom is -0.496 e. The van der Waals surface area contributed by atoms with Crippen LogP contribution in [0.1, 0.15) is 31.9 Å². The SMILES string of the molecule is COc1ccccc1C(C(C)N)N(C)C(C)CCSC. The number of methoxy groups -OCH3 is 1. The van der Waals surface area contributed by atoms with Crippen LogP contribution in [0.5, 0.6) is 5.75 Å². The molecule has 0 aliphatic carbocycles. The molecule has 2 N–H and O–H groups in total. The van der Waals surface area contributed by atoms with Gasteiger partial charge in [0.1, 0.15) is 5.75 Å². The van der Waals surface area contributed by atoms with E-state index >= 15 is 0 Å². The van der Waals surface area contributed by atoms with Gasteiger partial charge in [-0.25, -0.2) is 0 Å². The molecule has 114 valence electrons. The van der Waals surface area contributed by atoms with Crippen LogP contribution >= 0.6 is 11.8 Å². The molecule has 0 spiro atoms. The lowest BCUT2D eigenvalue weighted by Crippen LogP contribution is -2.42. The Labute approximate surface area is 127 Å². The number of thioether (sulfide) groups is 1. The highest BCUT2D eigenvalue weighted by molar-refractivity contribution is 7.98. The zero-order valence-electron chi connectivity index (χ0n) is 13.3. The number of hydrogen-bond acceptors (Lipinski definition) is 4. The normalized spacial score (nSPS) is 15.9. The number of rotatable bonds is 8. The van der Waals surface area contributed by atoms with Crippen molar-refractivity contribution >= 4 is 11.8 Å². The molecule has 0 bridgehead atoms. The van der Waals surface area contributed by atoms with E-state index in [0.717, 1.165) is 12.2 Å². The van der Waals surface area contributed by atoms with Gasteiger partial charge in [0, 0.05) is 17.6 Å². The van der Waals surface area contributed by atoms with Crippen LogP contribution in [-0.4, -0.2) is 43.1 Å². The lowest BCUT2D eigenvalue weighted by molar-refractivity contribution is 0.159. The summed E-state index contributed by atoms with van der Waals surface area (Å²) in [5.74, 6) is 2.09. The van der Waals surface area contributed by atoms with E-state index in [1.165, 1.54) is 11.3 Å². The predicted molar refractivity (Wildman–Crippen MR) is 89.6 cm³/mol. The summed E-state index contributed by atoms with van der Waals surface area (Å²) < 4.78 is 5.50. The predicted octanol–water partition coefficient (Wildman–Crippen LogP) is 3.16. The molecular weight excluding hydrogens is 268 g/mol. The molecule has 20 heavy (non-hydrogen) atoms. The van der Waals surface area contributed by atoms with Gasteiger partial charge in [0.05, 0.1) is 13.2 Å². The van der Waals surface area contributed by atoms with Crippen molar-refractivity contribution < 1.29 is 4.74 Å². The Bertz CT molecular complexity index is 398. The average molecular weight is 296 g/mol. The van der Waals surface area contributed by atoms with Crippen LogP contribution in [-0.2, 0) is 0 Å². The molecule has 0 fully saturated rings. The van der Waals surface area contributed by atoms with E-state index in [9.17, 15) is 0 Å². The third kappa shape index (κ3) is 4.40. The average Bonchev–Trinajstić information content (AvgIpc) is 2.44. The molecule has 3 atom stereocenters. The molecule has 0 radical (unpaired) electrons. The molecular formula is C16H28N2OS. The summed E-state index contributed by atoms with van der Waals surface area (Å²) in [7, 11) is 3.87.